The Morgan fingerprint density at radius 2 is 1.77 bits per heavy atom. The molecule has 3 unspecified atom stereocenters. The normalized spacial score (nSPS) is 25.7. The highest BCUT2D eigenvalue weighted by atomic mass is 19.4. The lowest BCUT2D eigenvalue weighted by molar-refractivity contribution is -0.192. The van der Waals surface area contributed by atoms with Crippen LogP contribution in [0.1, 0.15) is 24.8 Å². The van der Waals surface area contributed by atoms with Crippen LogP contribution in [-0.4, -0.2) is 78.5 Å². The smallest absolute Gasteiger partial charge is 0.490 e. The molecule has 4 rings (SSSR count). The van der Waals surface area contributed by atoms with E-state index in [2.05, 4.69) is 17.0 Å². The van der Waals surface area contributed by atoms with E-state index in [9.17, 15) is 18.0 Å². The van der Waals surface area contributed by atoms with Crippen molar-refractivity contribution in [2.45, 2.75) is 44.2 Å². The SMILES string of the molecule is COc1ccc(CN2CC3CC(C(=O)N4CCCC4)C(C2)O3)cc1.O=C(O)C(F)(F)F. The van der Waals surface area contributed by atoms with Crippen molar-refractivity contribution in [2.75, 3.05) is 33.3 Å². The number of amides is 1. The number of aliphatic carboxylic acids is 1. The van der Waals surface area contributed by atoms with Gasteiger partial charge in [-0.05, 0) is 37.0 Å². The summed E-state index contributed by atoms with van der Waals surface area (Å²) in [4.78, 5) is 26.1. The Hall–Kier alpha value is -2.33. The van der Waals surface area contributed by atoms with Crippen molar-refractivity contribution in [3.8, 4) is 5.75 Å². The van der Waals surface area contributed by atoms with E-state index in [-0.39, 0.29) is 18.1 Å². The van der Waals surface area contributed by atoms with E-state index in [1.807, 2.05) is 17.0 Å². The molecule has 3 aliphatic rings. The predicted molar refractivity (Wildman–Crippen MR) is 105 cm³/mol. The number of alkyl halides is 3. The number of fused-ring (bicyclic) bond motifs is 2. The zero-order valence-corrected chi connectivity index (χ0v) is 17.3. The highest BCUT2D eigenvalue weighted by molar-refractivity contribution is 5.80. The summed E-state index contributed by atoms with van der Waals surface area (Å²) in [6.07, 6.45) is -1.62. The maximum absolute atomic E-state index is 12.7. The van der Waals surface area contributed by atoms with Gasteiger partial charge in [0, 0.05) is 32.7 Å². The maximum Gasteiger partial charge on any atom is 0.490 e. The van der Waals surface area contributed by atoms with Crippen LogP contribution in [-0.2, 0) is 20.9 Å². The van der Waals surface area contributed by atoms with E-state index in [1.54, 1.807) is 7.11 Å². The molecule has 0 saturated carbocycles. The van der Waals surface area contributed by atoms with E-state index < -0.39 is 12.1 Å². The van der Waals surface area contributed by atoms with Gasteiger partial charge in [-0.1, -0.05) is 12.1 Å². The summed E-state index contributed by atoms with van der Waals surface area (Å²) in [7, 11) is 1.69. The van der Waals surface area contributed by atoms with Crippen LogP contribution in [0.15, 0.2) is 24.3 Å². The van der Waals surface area contributed by atoms with Gasteiger partial charge in [0.25, 0.3) is 0 Å². The zero-order chi connectivity index (χ0) is 22.6. The van der Waals surface area contributed by atoms with Crippen LogP contribution in [0.5, 0.6) is 5.75 Å². The number of carboxylic acid groups (broad SMARTS) is 1. The number of methoxy groups -OCH3 is 1. The second-order valence-electron chi connectivity index (χ2n) is 8.02. The summed E-state index contributed by atoms with van der Waals surface area (Å²) in [6.45, 7) is 4.55. The van der Waals surface area contributed by atoms with Crippen LogP contribution in [0, 0.1) is 5.92 Å². The first-order valence-corrected chi connectivity index (χ1v) is 10.3. The van der Waals surface area contributed by atoms with Crippen molar-refractivity contribution in [1.29, 1.82) is 0 Å². The highest BCUT2D eigenvalue weighted by Gasteiger charge is 2.46. The number of morpholine rings is 1. The Labute approximate surface area is 178 Å². The minimum Gasteiger partial charge on any atom is -0.497 e. The fourth-order valence-corrected chi connectivity index (χ4v) is 4.29. The Balaban J connectivity index is 0.000000339. The number of ether oxygens (including phenoxy) is 2. The number of carboxylic acids is 1. The second kappa shape index (κ2) is 9.86. The topological polar surface area (TPSA) is 79.3 Å². The van der Waals surface area contributed by atoms with Crippen LogP contribution in [0.3, 0.4) is 0 Å². The van der Waals surface area contributed by atoms with Gasteiger partial charge in [0.05, 0.1) is 25.2 Å². The summed E-state index contributed by atoms with van der Waals surface area (Å²) >= 11 is 0. The van der Waals surface area contributed by atoms with Crippen molar-refractivity contribution in [2.24, 2.45) is 5.92 Å². The van der Waals surface area contributed by atoms with Gasteiger partial charge in [0.2, 0.25) is 5.91 Å². The number of halogens is 3. The average Bonchev–Trinajstić information content (AvgIpc) is 3.36. The maximum atomic E-state index is 12.7. The van der Waals surface area contributed by atoms with Crippen LogP contribution >= 0.6 is 0 Å². The Kier molecular flexibility index (Phi) is 7.42. The largest absolute Gasteiger partial charge is 0.497 e. The summed E-state index contributed by atoms with van der Waals surface area (Å²) in [5.74, 6) is -1.48. The van der Waals surface area contributed by atoms with Crippen LogP contribution in [0.2, 0.25) is 0 Å². The molecule has 10 heteroatoms. The molecule has 2 bridgehead atoms. The molecule has 1 N–H and O–H groups in total. The van der Waals surface area contributed by atoms with Crippen LogP contribution < -0.4 is 4.74 Å². The molecule has 3 atom stereocenters. The molecular weight excluding hydrogens is 417 g/mol. The van der Waals surface area contributed by atoms with Gasteiger partial charge in [-0.2, -0.15) is 13.2 Å². The minimum absolute atomic E-state index is 0.0639. The Morgan fingerprint density at radius 3 is 2.32 bits per heavy atom. The number of rotatable bonds is 4. The fraction of sp³-hybridized carbons (Fsp3) is 0.619. The first kappa shape index (κ1) is 23.3. The number of carbonyl (C=O) groups is 2. The van der Waals surface area contributed by atoms with Gasteiger partial charge in [-0.3, -0.25) is 9.69 Å². The van der Waals surface area contributed by atoms with Crippen molar-refractivity contribution >= 4 is 11.9 Å². The molecule has 31 heavy (non-hydrogen) atoms. The Morgan fingerprint density at radius 1 is 1.16 bits per heavy atom. The fourth-order valence-electron chi connectivity index (χ4n) is 4.29. The first-order chi connectivity index (χ1) is 14.7. The summed E-state index contributed by atoms with van der Waals surface area (Å²) in [5, 5.41) is 7.12. The highest BCUT2D eigenvalue weighted by Crippen LogP contribution is 2.34. The standard InChI is InChI=1S/C19H26N2O3.C2HF3O2/c1-23-15-6-4-14(5-7-15)11-20-12-16-10-17(18(13-20)24-16)19(22)21-8-2-3-9-21;3-2(4,5)1(6)7/h4-7,16-18H,2-3,8-13H2,1H3;(H,6,7). The van der Waals surface area contributed by atoms with Gasteiger partial charge in [-0.25, -0.2) is 4.79 Å². The van der Waals surface area contributed by atoms with Gasteiger partial charge in [0.15, 0.2) is 0 Å². The number of hydrogen-bond donors (Lipinski definition) is 1. The Bertz CT molecular complexity index is 765. The van der Waals surface area contributed by atoms with E-state index >= 15 is 0 Å². The van der Waals surface area contributed by atoms with E-state index in [0.29, 0.717) is 5.91 Å². The third kappa shape index (κ3) is 6.10. The lowest BCUT2D eigenvalue weighted by atomic mass is 9.99. The number of likely N-dealkylation sites (tertiary alicyclic amines) is 2. The summed E-state index contributed by atoms with van der Waals surface area (Å²) < 4.78 is 43.0. The van der Waals surface area contributed by atoms with Crippen molar-refractivity contribution < 1.29 is 37.3 Å². The molecule has 0 radical (unpaired) electrons. The molecule has 0 aliphatic carbocycles. The molecule has 0 aromatic heterocycles. The molecular formula is C21H27F3N2O5. The molecule has 3 fully saturated rings. The molecule has 3 aliphatic heterocycles. The summed E-state index contributed by atoms with van der Waals surface area (Å²) in [5.41, 5.74) is 1.28. The van der Waals surface area contributed by atoms with E-state index in [1.165, 1.54) is 5.56 Å². The van der Waals surface area contributed by atoms with Crippen LogP contribution in [0.25, 0.3) is 0 Å². The predicted octanol–water partition coefficient (Wildman–Crippen LogP) is 2.54. The van der Waals surface area contributed by atoms with Gasteiger partial charge in [-0.15, -0.1) is 0 Å². The monoisotopic (exact) mass is 444 g/mol. The van der Waals surface area contributed by atoms with Crippen molar-refractivity contribution in [3.63, 3.8) is 0 Å². The van der Waals surface area contributed by atoms with E-state index in [4.69, 9.17) is 19.4 Å². The lowest BCUT2D eigenvalue weighted by Crippen LogP contribution is -2.45. The molecule has 0 spiro atoms. The second-order valence-corrected chi connectivity index (χ2v) is 8.02. The van der Waals surface area contributed by atoms with Crippen molar-refractivity contribution in [1.82, 2.24) is 9.80 Å². The quantitative estimate of drug-likeness (QED) is 0.769. The van der Waals surface area contributed by atoms with Gasteiger partial charge < -0.3 is 19.5 Å². The van der Waals surface area contributed by atoms with Crippen LogP contribution in [0.4, 0.5) is 13.2 Å². The average molecular weight is 444 g/mol. The number of benzene rings is 1. The zero-order valence-electron chi connectivity index (χ0n) is 17.3. The number of hydrogen-bond acceptors (Lipinski definition) is 5. The minimum atomic E-state index is -5.08. The number of nitrogens with zero attached hydrogens (tertiary/aromatic N) is 2. The molecule has 3 saturated heterocycles. The van der Waals surface area contributed by atoms with Crippen molar-refractivity contribution in [3.05, 3.63) is 29.8 Å². The van der Waals surface area contributed by atoms with Gasteiger partial charge in [0.1, 0.15) is 5.75 Å². The third-order valence-electron chi connectivity index (χ3n) is 5.78. The van der Waals surface area contributed by atoms with Gasteiger partial charge >= 0.3 is 12.1 Å². The molecule has 1 aromatic rings. The molecule has 1 aromatic carbocycles. The summed E-state index contributed by atoms with van der Waals surface area (Å²) in [6, 6.07) is 8.24. The number of carbonyl (C=O) groups excluding carboxylic acids is 1. The molecule has 3 heterocycles. The lowest BCUT2D eigenvalue weighted by Gasteiger charge is -2.33. The molecule has 7 nitrogen and oxygen atoms in total. The third-order valence-corrected chi connectivity index (χ3v) is 5.78. The molecule has 172 valence electrons. The first-order valence-electron chi connectivity index (χ1n) is 10.3. The molecule has 1 amide bonds. The van der Waals surface area contributed by atoms with E-state index in [0.717, 1.165) is 57.7 Å².